The highest BCUT2D eigenvalue weighted by molar-refractivity contribution is 5.92. The number of carbonyl (C=O) groups is 2. The van der Waals surface area contributed by atoms with E-state index >= 15 is 0 Å². The van der Waals surface area contributed by atoms with Crippen molar-refractivity contribution in [2.45, 2.75) is 37.8 Å². The quantitative estimate of drug-likeness (QED) is 0.641. The van der Waals surface area contributed by atoms with Gasteiger partial charge in [-0.3, -0.25) is 9.59 Å². The fourth-order valence-corrected chi connectivity index (χ4v) is 4.04. The topological polar surface area (TPSA) is 89.8 Å². The molecule has 2 aliphatic heterocycles. The summed E-state index contributed by atoms with van der Waals surface area (Å²) < 4.78 is 40.1. The van der Waals surface area contributed by atoms with Gasteiger partial charge in [-0.15, -0.1) is 5.10 Å². The fraction of sp³-hybridized carbons (Fsp3) is 0.524. The van der Waals surface area contributed by atoms with Crippen LogP contribution in [0.5, 0.6) is 11.5 Å². The van der Waals surface area contributed by atoms with Gasteiger partial charge in [0.25, 0.3) is 17.7 Å². The number of hydrogen-bond acceptors (Lipinski definition) is 6. The maximum Gasteiger partial charge on any atom is 0.276 e. The van der Waals surface area contributed by atoms with Gasteiger partial charge in [0.15, 0.2) is 12.3 Å². The lowest BCUT2D eigenvalue weighted by molar-refractivity contribution is -0.135. The first-order valence-electron chi connectivity index (χ1n) is 10.5. The highest BCUT2D eigenvalue weighted by Crippen LogP contribution is 2.33. The van der Waals surface area contributed by atoms with Crippen LogP contribution >= 0.6 is 0 Å². The Kier molecular flexibility index (Phi) is 6.24. The zero-order valence-corrected chi connectivity index (χ0v) is 17.7. The molecule has 0 saturated carbocycles. The van der Waals surface area contributed by atoms with Crippen molar-refractivity contribution in [2.75, 3.05) is 33.4 Å². The molecule has 32 heavy (non-hydrogen) atoms. The highest BCUT2D eigenvalue weighted by atomic mass is 19.3. The monoisotopic (exact) mass is 449 g/mol. The van der Waals surface area contributed by atoms with E-state index in [0.29, 0.717) is 24.6 Å². The smallest absolute Gasteiger partial charge is 0.276 e. The first-order valence-corrected chi connectivity index (χ1v) is 10.5. The molecule has 0 N–H and O–H groups in total. The minimum atomic E-state index is -3.00. The standard InChI is InChI=1S/C21H25F2N5O4/c1-31-16-4-6-17(7-5-16)32-13-19(29)28-14-21(22,23)10-15(28)11-27-12-18(24-25-27)20(30)26-8-2-3-9-26/h4-7,12,15H,2-3,8-11,13-14H2,1H3. The Morgan fingerprint density at radius 1 is 1.16 bits per heavy atom. The number of likely N-dealkylation sites (tertiary alicyclic amines) is 2. The van der Waals surface area contributed by atoms with Crippen LogP contribution in [0.2, 0.25) is 0 Å². The predicted octanol–water partition coefficient (Wildman–Crippen LogP) is 1.84. The van der Waals surface area contributed by atoms with E-state index < -0.39 is 30.8 Å². The number of carbonyl (C=O) groups excluding carboxylic acids is 2. The zero-order chi connectivity index (χ0) is 22.7. The van der Waals surface area contributed by atoms with Gasteiger partial charge in [0.2, 0.25) is 0 Å². The lowest BCUT2D eigenvalue weighted by Crippen LogP contribution is -2.41. The summed E-state index contributed by atoms with van der Waals surface area (Å²) in [6.45, 7) is 0.323. The Morgan fingerprint density at radius 3 is 2.53 bits per heavy atom. The summed E-state index contributed by atoms with van der Waals surface area (Å²) in [6, 6.07) is 5.84. The molecule has 1 unspecified atom stereocenters. The van der Waals surface area contributed by atoms with E-state index in [1.807, 2.05) is 0 Å². The van der Waals surface area contributed by atoms with Gasteiger partial charge in [0.1, 0.15) is 11.5 Å². The van der Waals surface area contributed by atoms with Crippen molar-refractivity contribution >= 4 is 11.8 Å². The van der Waals surface area contributed by atoms with Crippen LogP contribution in [0.3, 0.4) is 0 Å². The lowest BCUT2D eigenvalue weighted by Gasteiger charge is -2.23. The number of nitrogens with zero attached hydrogens (tertiary/aromatic N) is 5. The minimum Gasteiger partial charge on any atom is -0.497 e. The molecule has 9 nitrogen and oxygen atoms in total. The molecule has 1 atom stereocenters. The van der Waals surface area contributed by atoms with E-state index in [4.69, 9.17) is 9.47 Å². The number of aromatic nitrogens is 3. The Hall–Kier alpha value is -3.24. The first kappa shape index (κ1) is 22.0. The molecule has 1 aromatic carbocycles. The molecule has 2 aliphatic rings. The normalized spacial score (nSPS) is 19.9. The summed E-state index contributed by atoms with van der Waals surface area (Å²) in [6.07, 6.45) is 2.86. The number of halogens is 2. The van der Waals surface area contributed by atoms with Crippen LogP contribution in [-0.4, -0.2) is 81.9 Å². The van der Waals surface area contributed by atoms with Crippen molar-refractivity contribution < 1.29 is 27.8 Å². The van der Waals surface area contributed by atoms with Crippen molar-refractivity contribution in [2.24, 2.45) is 0 Å². The molecule has 0 aliphatic carbocycles. The van der Waals surface area contributed by atoms with Crippen molar-refractivity contribution in [3.8, 4) is 11.5 Å². The average Bonchev–Trinajstić information content (AvgIpc) is 3.52. The first-order chi connectivity index (χ1) is 15.3. The van der Waals surface area contributed by atoms with Gasteiger partial charge in [-0.2, -0.15) is 0 Å². The molecule has 2 aromatic rings. The number of hydrogen-bond donors (Lipinski definition) is 0. The number of amides is 2. The third-order valence-electron chi connectivity index (χ3n) is 5.67. The molecule has 11 heteroatoms. The Labute approximate surface area is 183 Å². The maximum absolute atomic E-state index is 14.1. The number of methoxy groups -OCH3 is 1. The number of ether oxygens (including phenoxy) is 2. The SMILES string of the molecule is COc1ccc(OCC(=O)N2CC(F)(F)CC2Cn2cc(C(=O)N3CCCC3)nn2)cc1. The van der Waals surface area contributed by atoms with Crippen molar-refractivity contribution in [1.82, 2.24) is 24.8 Å². The second kappa shape index (κ2) is 9.09. The minimum absolute atomic E-state index is 0.0180. The number of alkyl halides is 2. The summed E-state index contributed by atoms with van der Waals surface area (Å²) in [5.74, 6) is -2.70. The largest absolute Gasteiger partial charge is 0.497 e. The van der Waals surface area contributed by atoms with Crippen LogP contribution in [-0.2, 0) is 11.3 Å². The van der Waals surface area contributed by atoms with Crippen molar-refractivity contribution in [3.05, 3.63) is 36.2 Å². The fourth-order valence-electron chi connectivity index (χ4n) is 4.04. The van der Waals surface area contributed by atoms with Crippen LogP contribution in [0.15, 0.2) is 30.5 Å². The van der Waals surface area contributed by atoms with E-state index in [1.54, 1.807) is 29.2 Å². The van der Waals surface area contributed by atoms with Gasteiger partial charge >= 0.3 is 0 Å². The highest BCUT2D eigenvalue weighted by Gasteiger charge is 2.47. The van der Waals surface area contributed by atoms with Crippen LogP contribution in [0, 0.1) is 0 Å². The molecular weight excluding hydrogens is 424 g/mol. The Bertz CT molecular complexity index is 959. The van der Waals surface area contributed by atoms with Gasteiger partial charge in [0, 0.05) is 19.5 Å². The van der Waals surface area contributed by atoms with Crippen LogP contribution < -0.4 is 9.47 Å². The molecule has 3 heterocycles. The molecule has 1 aromatic heterocycles. The molecule has 0 spiro atoms. The molecule has 2 fully saturated rings. The van der Waals surface area contributed by atoms with Gasteiger partial charge < -0.3 is 19.3 Å². The van der Waals surface area contributed by atoms with E-state index in [0.717, 1.165) is 17.7 Å². The van der Waals surface area contributed by atoms with Gasteiger partial charge in [-0.25, -0.2) is 13.5 Å². The van der Waals surface area contributed by atoms with Gasteiger partial charge in [-0.05, 0) is 37.1 Å². The van der Waals surface area contributed by atoms with E-state index in [2.05, 4.69) is 10.3 Å². The molecule has 2 saturated heterocycles. The third kappa shape index (κ3) is 4.97. The van der Waals surface area contributed by atoms with E-state index in [1.165, 1.54) is 18.0 Å². The van der Waals surface area contributed by atoms with Gasteiger partial charge in [-0.1, -0.05) is 5.21 Å². The van der Waals surface area contributed by atoms with Gasteiger partial charge in [0.05, 0.1) is 32.4 Å². The van der Waals surface area contributed by atoms with Crippen LogP contribution in [0.25, 0.3) is 0 Å². The molecule has 2 amide bonds. The number of rotatable bonds is 7. The maximum atomic E-state index is 14.1. The summed E-state index contributed by atoms with van der Waals surface area (Å²) in [5, 5.41) is 7.81. The molecule has 172 valence electrons. The Morgan fingerprint density at radius 2 is 1.84 bits per heavy atom. The third-order valence-corrected chi connectivity index (χ3v) is 5.67. The number of benzene rings is 1. The summed E-state index contributed by atoms with van der Waals surface area (Å²) in [4.78, 5) is 27.9. The molecule has 0 radical (unpaired) electrons. The van der Waals surface area contributed by atoms with E-state index in [-0.39, 0.29) is 24.8 Å². The Balaban J connectivity index is 1.38. The predicted molar refractivity (Wildman–Crippen MR) is 109 cm³/mol. The molecular formula is C21H25F2N5O4. The molecule has 0 bridgehead atoms. The van der Waals surface area contributed by atoms with Crippen molar-refractivity contribution in [3.63, 3.8) is 0 Å². The second-order valence-electron chi connectivity index (χ2n) is 8.02. The summed E-state index contributed by atoms with van der Waals surface area (Å²) >= 11 is 0. The van der Waals surface area contributed by atoms with Crippen molar-refractivity contribution in [1.29, 1.82) is 0 Å². The average molecular weight is 449 g/mol. The zero-order valence-electron chi connectivity index (χ0n) is 17.7. The lowest BCUT2D eigenvalue weighted by atomic mass is 10.2. The van der Waals surface area contributed by atoms with E-state index in [9.17, 15) is 18.4 Å². The second-order valence-corrected chi connectivity index (χ2v) is 8.02. The summed E-state index contributed by atoms with van der Waals surface area (Å²) in [7, 11) is 1.54. The molecule has 4 rings (SSSR count). The van der Waals surface area contributed by atoms with Crippen LogP contribution in [0.4, 0.5) is 8.78 Å². The van der Waals surface area contributed by atoms with Crippen LogP contribution in [0.1, 0.15) is 29.8 Å². The summed E-state index contributed by atoms with van der Waals surface area (Å²) in [5.41, 5.74) is 0.178.